The van der Waals surface area contributed by atoms with Crippen molar-refractivity contribution in [1.29, 1.82) is 0 Å². The highest BCUT2D eigenvalue weighted by Crippen LogP contribution is 2.25. The van der Waals surface area contributed by atoms with Gasteiger partial charge in [0.15, 0.2) is 4.80 Å². The molecule has 0 amide bonds. The molecular formula is C23H27N3O3S2. The van der Waals surface area contributed by atoms with Crippen LogP contribution in [0.1, 0.15) is 18.4 Å². The van der Waals surface area contributed by atoms with Gasteiger partial charge in [-0.1, -0.05) is 29.8 Å². The molecule has 1 aromatic heterocycles. The van der Waals surface area contributed by atoms with Gasteiger partial charge in [-0.3, -0.25) is 0 Å². The summed E-state index contributed by atoms with van der Waals surface area (Å²) < 4.78 is 34.1. The highest BCUT2D eigenvalue weighted by molar-refractivity contribution is 7.89. The Bertz CT molecular complexity index is 1200. The van der Waals surface area contributed by atoms with Gasteiger partial charge in [0.05, 0.1) is 28.9 Å². The van der Waals surface area contributed by atoms with Crippen molar-refractivity contribution in [2.24, 2.45) is 4.99 Å². The van der Waals surface area contributed by atoms with Crippen molar-refractivity contribution in [3.8, 4) is 11.3 Å². The van der Waals surface area contributed by atoms with Crippen LogP contribution in [0.25, 0.3) is 11.3 Å². The average Bonchev–Trinajstić information content (AvgIpc) is 3.40. The molecule has 0 aliphatic carbocycles. The molecule has 0 radical (unpaired) electrons. The van der Waals surface area contributed by atoms with E-state index in [1.54, 1.807) is 23.5 Å². The lowest BCUT2D eigenvalue weighted by Crippen LogP contribution is -2.24. The Labute approximate surface area is 187 Å². The smallest absolute Gasteiger partial charge is 0.242 e. The maximum Gasteiger partial charge on any atom is 0.242 e. The van der Waals surface area contributed by atoms with Gasteiger partial charge in [-0.2, -0.15) is 0 Å². The predicted octanol–water partition coefficient (Wildman–Crippen LogP) is 4.19. The molecule has 1 unspecified atom stereocenters. The fourth-order valence-electron chi connectivity index (χ4n) is 3.56. The van der Waals surface area contributed by atoms with Crippen LogP contribution in [0.4, 0.5) is 5.69 Å². The zero-order chi connectivity index (χ0) is 22.0. The molecule has 0 bridgehead atoms. The Balaban J connectivity index is 1.75. The third-order valence-electron chi connectivity index (χ3n) is 5.40. The van der Waals surface area contributed by atoms with Gasteiger partial charge >= 0.3 is 0 Å². The quantitative estimate of drug-likeness (QED) is 0.558. The molecule has 8 heteroatoms. The lowest BCUT2D eigenvalue weighted by atomic mass is 10.1. The number of benzene rings is 2. The van der Waals surface area contributed by atoms with E-state index >= 15 is 0 Å². The molecule has 0 N–H and O–H groups in total. The molecule has 2 aromatic carbocycles. The van der Waals surface area contributed by atoms with Crippen LogP contribution >= 0.6 is 11.3 Å². The Morgan fingerprint density at radius 2 is 1.84 bits per heavy atom. The van der Waals surface area contributed by atoms with E-state index in [0.717, 1.165) is 47.7 Å². The molecule has 0 spiro atoms. The second kappa shape index (κ2) is 9.08. The highest BCUT2D eigenvalue weighted by atomic mass is 32.2. The molecule has 4 rings (SSSR count). The maximum absolute atomic E-state index is 12.4. The topological polar surface area (TPSA) is 63.9 Å². The van der Waals surface area contributed by atoms with Crippen LogP contribution in [0, 0.1) is 6.92 Å². The standard InChI is InChI=1S/C23H27N3O3S2/c1-17-6-10-19(11-7-17)24-23-26(15-20-5-4-14-29-20)22(16-30-23)18-8-12-21(13-9-18)31(27,28)25(2)3/h6-13,16,20H,4-5,14-15H2,1-3H3. The monoisotopic (exact) mass is 457 g/mol. The van der Waals surface area contributed by atoms with Crippen molar-refractivity contribution in [3.05, 3.63) is 64.3 Å². The number of thiazole rings is 1. The van der Waals surface area contributed by atoms with E-state index in [2.05, 4.69) is 29.0 Å². The Morgan fingerprint density at radius 3 is 2.45 bits per heavy atom. The van der Waals surface area contributed by atoms with Crippen molar-refractivity contribution < 1.29 is 13.2 Å². The maximum atomic E-state index is 12.4. The van der Waals surface area contributed by atoms with Crippen LogP contribution in [0.3, 0.4) is 0 Å². The van der Waals surface area contributed by atoms with Gasteiger partial charge in [0.1, 0.15) is 0 Å². The first-order chi connectivity index (χ1) is 14.8. The molecule has 1 fully saturated rings. The van der Waals surface area contributed by atoms with Gasteiger partial charge in [-0.25, -0.2) is 17.7 Å². The number of rotatable bonds is 6. The molecule has 6 nitrogen and oxygen atoms in total. The summed E-state index contributed by atoms with van der Waals surface area (Å²) in [5, 5.41) is 2.08. The minimum absolute atomic E-state index is 0.165. The van der Waals surface area contributed by atoms with Crippen LogP contribution in [0.2, 0.25) is 0 Å². The molecule has 1 saturated heterocycles. The number of sulfonamides is 1. The number of hydrogen-bond donors (Lipinski definition) is 0. The molecule has 3 aromatic rings. The third-order valence-corrected chi connectivity index (χ3v) is 8.09. The SMILES string of the molecule is Cc1ccc(N=c2scc(-c3ccc(S(=O)(=O)N(C)C)cc3)n2CC2CCCO2)cc1. The van der Waals surface area contributed by atoms with Crippen LogP contribution in [0.15, 0.2) is 63.8 Å². The molecule has 2 heterocycles. The molecule has 0 saturated carbocycles. The van der Waals surface area contributed by atoms with Gasteiger partial charge < -0.3 is 9.30 Å². The minimum atomic E-state index is -3.45. The largest absolute Gasteiger partial charge is 0.376 e. The number of ether oxygens (including phenoxy) is 1. The van der Waals surface area contributed by atoms with Gasteiger partial charge in [0, 0.05) is 26.1 Å². The van der Waals surface area contributed by atoms with Crippen molar-refractivity contribution in [2.45, 2.75) is 37.3 Å². The zero-order valence-corrected chi connectivity index (χ0v) is 19.6. The second-order valence-corrected chi connectivity index (χ2v) is 10.9. The number of nitrogens with zero attached hydrogens (tertiary/aromatic N) is 3. The summed E-state index contributed by atoms with van der Waals surface area (Å²) in [6.45, 7) is 3.58. The first kappa shape index (κ1) is 22.0. The Morgan fingerprint density at radius 1 is 1.13 bits per heavy atom. The van der Waals surface area contributed by atoms with Gasteiger partial charge in [-0.05, 0) is 49.6 Å². The zero-order valence-electron chi connectivity index (χ0n) is 18.0. The lowest BCUT2D eigenvalue weighted by Gasteiger charge is -2.15. The van der Waals surface area contributed by atoms with Gasteiger partial charge in [0.25, 0.3) is 0 Å². The number of aromatic nitrogens is 1. The fourth-order valence-corrected chi connectivity index (χ4v) is 5.40. The summed E-state index contributed by atoms with van der Waals surface area (Å²) in [7, 11) is -0.377. The minimum Gasteiger partial charge on any atom is -0.376 e. The first-order valence-corrected chi connectivity index (χ1v) is 12.6. The van der Waals surface area contributed by atoms with Crippen LogP contribution in [-0.4, -0.2) is 44.1 Å². The van der Waals surface area contributed by atoms with E-state index in [4.69, 9.17) is 9.73 Å². The summed E-state index contributed by atoms with van der Waals surface area (Å²) in [6.07, 6.45) is 2.28. The molecule has 164 valence electrons. The summed E-state index contributed by atoms with van der Waals surface area (Å²) in [4.78, 5) is 6.06. The van der Waals surface area contributed by atoms with E-state index in [9.17, 15) is 8.42 Å². The summed E-state index contributed by atoms with van der Waals surface area (Å²) in [5.41, 5.74) is 4.08. The lowest BCUT2D eigenvalue weighted by molar-refractivity contribution is 0.0968. The van der Waals surface area contributed by atoms with Gasteiger partial charge in [-0.15, -0.1) is 11.3 Å². The summed E-state index contributed by atoms with van der Waals surface area (Å²) in [5.74, 6) is 0. The van der Waals surface area contributed by atoms with E-state index < -0.39 is 10.0 Å². The third kappa shape index (κ3) is 4.82. The predicted molar refractivity (Wildman–Crippen MR) is 124 cm³/mol. The number of aryl methyl sites for hydroxylation is 1. The van der Waals surface area contributed by atoms with E-state index in [1.165, 1.54) is 24.0 Å². The first-order valence-electron chi connectivity index (χ1n) is 10.3. The molecule has 1 aliphatic heterocycles. The molecular weight excluding hydrogens is 430 g/mol. The summed E-state index contributed by atoms with van der Waals surface area (Å²) >= 11 is 1.58. The molecule has 31 heavy (non-hydrogen) atoms. The highest BCUT2D eigenvalue weighted by Gasteiger charge is 2.20. The van der Waals surface area contributed by atoms with Gasteiger partial charge in [0.2, 0.25) is 10.0 Å². The summed E-state index contributed by atoms with van der Waals surface area (Å²) in [6, 6.07) is 15.2. The second-order valence-electron chi connectivity index (χ2n) is 7.91. The van der Waals surface area contributed by atoms with Crippen molar-refractivity contribution >= 4 is 27.0 Å². The Kier molecular flexibility index (Phi) is 6.43. The Hall–Kier alpha value is -2.26. The van der Waals surface area contributed by atoms with Crippen LogP contribution < -0.4 is 4.80 Å². The fraction of sp³-hybridized carbons (Fsp3) is 0.348. The van der Waals surface area contributed by atoms with Crippen molar-refractivity contribution in [3.63, 3.8) is 0 Å². The van der Waals surface area contributed by atoms with Crippen molar-refractivity contribution in [2.75, 3.05) is 20.7 Å². The van der Waals surface area contributed by atoms with Crippen molar-refractivity contribution in [1.82, 2.24) is 8.87 Å². The molecule has 1 aliphatic rings. The van der Waals surface area contributed by atoms with E-state index in [0.29, 0.717) is 0 Å². The average molecular weight is 458 g/mol. The molecule has 1 atom stereocenters. The van der Waals surface area contributed by atoms with E-state index in [-0.39, 0.29) is 11.0 Å². The number of hydrogen-bond acceptors (Lipinski definition) is 5. The normalized spacial score (nSPS) is 17.5. The van der Waals surface area contributed by atoms with E-state index in [1.807, 2.05) is 24.3 Å². The van der Waals surface area contributed by atoms with Crippen LogP contribution in [-0.2, 0) is 21.3 Å². The van der Waals surface area contributed by atoms with Crippen LogP contribution in [0.5, 0.6) is 0 Å².